The number of benzene rings is 1. The van der Waals surface area contributed by atoms with Gasteiger partial charge in [-0.3, -0.25) is 0 Å². The zero-order valence-electron chi connectivity index (χ0n) is 12.3. The summed E-state index contributed by atoms with van der Waals surface area (Å²) >= 11 is 9.70. The summed E-state index contributed by atoms with van der Waals surface area (Å²) in [6.07, 6.45) is -0.306. The first-order valence-corrected chi connectivity index (χ1v) is 8.11. The maximum absolute atomic E-state index is 6.24. The van der Waals surface area contributed by atoms with E-state index < -0.39 is 0 Å². The van der Waals surface area contributed by atoms with Gasteiger partial charge in [-0.2, -0.15) is 0 Å². The predicted octanol–water partition coefficient (Wildman–Crippen LogP) is 5.14. The second-order valence-corrected chi connectivity index (χ2v) is 6.12. The van der Waals surface area contributed by atoms with Gasteiger partial charge in [0.25, 0.3) is 0 Å². The molecule has 2 aromatic rings. The molecule has 0 saturated heterocycles. The number of aromatic nitrogens is 2. The maximum atomic E-state index is 6.24. The van der Waals surface area contributed by atoms with Gasteiger partial charge in [-0.25, -0.2) is 9.97 Å². The van der Waals surface area contributed by atoms with Crippen LogP contribution in [0.2, 0.25) is 5.15 Å². The first-order valence-electron chi connectivity index (χ1n) is 6.94. The van der Waals surface area contributed by atoms with E-state index in [4.69, 9.17) is 16.3 Å². The van der Waals surface area contributed by atoms with Gasteiger partial charge >= 0.3 is 0 Å². The van der Waals surface area contributed by atoms with Gasteiger partial charge in [0, 0.05) is 6.61 Å². The molecule has 0 spiro atoms. The van der Waals surface area contributed by atoms with E-state index in [-0.39, 0.29) is 12.0 Å². The number of halogens is 2. The van der Waals surface area contributed by atoms with Crippen molar-refractivity contribution in [1.29, 1.82) is 0 Å². The molecule has 3 nitrogen and oxygen atoms in total. The Morgan fingerprint density at radius 1 is 1.19 bits per heavy atom. The Hall–Kier alpha value is -0.970. The highest BCUT2D eigenvalue weighted by Gasteiger charge is 2.21. The molecule has 1 aromatic carbocycles. The summed E-state index contributed by atoms with van der Waals surface area (Å²) in [6.45, 7) is 6.68. The lowest BCUT2D eigenvalue weighted by Gasteiger charge is -2.18. The van der Waals surface area contributed by atoms with Crippen molar-refractivity contribution in [3.63, 3.8) is 0 Å². The van der Waals surface area contributed by atoms with Gasteiger partial charge in [0.2, 0.25) is 0 Å². The van der Waals surface area contributed by atoms with Gasteiger partial charge in [0.15, 0.2) is 5.82 Å². The van der Waals surface area contributed by atoms with E-state index in [0.717, 1.165) is 15.7 Å². The third kappa shape index (κ3) is 3.82. The molecule has 1 atom stereocenters. The van der Waals surface area contributed by atoms with Crippen LogP contribution in [0.3, 0.4) is 0 Å². The van der Waals surface area contributed by atoms with Crippen LogP contribution in [0.25, 0.3) is 0 Å². The Labute approximate surface area is 138 Å². The second kappa shape index (κ2) is 7.34. The third-order valence-corrected chi connectivity index (χ3v) is 4.35. The highest BCUT2D eigenvalue weighted by Crippen LogP contribution is 2.32. The Kier molecular flexibility index (Phi) is 5.73. The van der Waals surface area contributed by atoms with E-state index in [1.54, 1.807) is 0 Å². The summed E-state index contributed by atoms with van der Waals surface area (Å²) in [5.74, 6) is 0.844. The number of hydrogen-bond donors (Lipinski definition) is 0. The van der Waals surface area contributed by atoms with Gasteiger partial charge in [-0.15, -0.1) is 0 Å². The van der Waals surface area contributed by atoms with E-state index in [0.29, 0.717) is 17.6 Å². The van der Waals surface area contributed by atoms with Crippen LogP contribution in [0.5, 0.6) is 0 Å². The summed E-state index contributed by atoms with van der Waals surface area (Å²) in [4.78, 5) is 9.05. The summed E-state index contributed by atoms with van der Waals surface area (Å²) in [5, 5.41) is 0.421. The van der Waals surface area contributed by atoms with Crippen molar-refractivity contribution in [2.75, 3.05) is 6.61 Å². The molecule has 1 heterocycles. The van der Waals surface area contributed by atoms with Crippen LogP contribution in [0.1, 0.15) is 49.9 Å². The zero-order chi connectivity index (χ0) is 15.4. The molecule has 5 heteroatoms. The fourth-order valence-electron chi connectivity index (χ4n) is 2.07. The van der Waals surface area contributed by atoms with Crippen molar-refractivity contribution in [2.45, 2.75) is 32.8 Å². The van der Waals surface area contributed by atoms with Gasteiger partial charge in [-0.1, -0.05) is 55.8 Å². The first-order chi connectivity index (χ1) is 10.0. The normalized spacial score (nSPS) is 12.7. The second-order valence-electron chi connectivity index (χ2n) is 4.97. The van der Waals surface area contributed by atoms with Gasteiger partial charge in [0.1, 0.15) is 11.3 Å². The highest BCUT2D eigenvalue weighted by molar-refractivity contribution is 9.10. The zero-order valence-corrected chi connectivity index (χ0v) is 14.6. The molecule has 0 saturated carbocycles. The molecule has 0 N–H and O–H groups in total. The number of ether oxygens (including phenoxy) is 1. The molecule has 0 aliphatic rings. The van der Waals surface area contributed by atoms with E-state index >= 15 is 0 Å². The summed E-state index contributed by atoms with van der Waals surface area (Å²) in [7, 11) is 0. The molecule has 1 unspecified atom stereocenters. The molecular weight excluding hydrogens is 352 g/mol. The lowest BCUT2D eigenvalue weighted by molar-refractivity contribution is 0.0849. The number of hydrogen-bond acceptors (Lipinski definition) is 3. The van der Waals surface area contributed by atoms with Gasteiger partial charge in [0.05, 0.1) is 10.2 Å². The van der Waals surface area contributed by atoms with Gasteiger partial charge < -0.3 is 4.74 Å². The van der Waals surface area contributed by atoms with Crippen LogP contribution >= 0.6 is 27.5 Å². The Balaban J connectivity index is 2.51. The van der Waals surface area contributed by atoms with Crippen molar-refractivity contribution in [3.05, 3.63) is 57.0 Å². The molecule has 0 bridgehead atoms. The Morgan fingerprint density at radius 3 is 2.43 bits per heavy atom. The van der Waals surface area contributed by atoms with Crippen molar-refractivity contribution in [3.8, 4) is 0 Å². The first kappa shape index (κ1) is 16.4. The quantitative estimate of drug-likeness (QED) is 0.684. The smallest absolute Gasteiger partial charge is 0.163 e. The predicted molar refractivity (Wildman–Crippen MR) is 88.7 cm³/mol. The van der Waals surface area contributed by atoms with E-state index in [1.807, 2.05) is 37.3 Å². The minimum Gasteiger partial charge on any atom is -0.366 e. The standard InChI is InChI=1S/C16H18BrClN2O/c1-4-21-14(11-8-6-5-7-9-11)16-19-13(10(2)3)12(17)15(18)20-16/h5-10,14H,4H2,1-3H3. The van der Waals surface area contributed by atoms with Crippen molar-refractivity contribution in [1.82, 2.24) is 9.97 Å². The molecular formula is C16H18BrClN2O. The molecule has 0 aliphatic carbocycles. The lowest BCUT2D eigenvalue weighted by atomic mass is 10.1. The molecule has 1 aromatic heterocycles. The highest BCUT2D eigenvalue weighted by atomic mass is 79.9. The molecule has 0 radical (unpaired) electrons. The summed E-state index contributed by atoms with van der Waals surface area (Å²) in [5.41, 5.74) is 1.91. The lowest BCUT2D eigenvalue weighted by Crippen LogP contribution is -2.13. The average Bonchev–Trinajstić information content (AvgIpc) is 2.48. The van der Waals surface area contributed by atoms with Crippen molar-refractivity contribution < 1.29 is 4.74 Å². The van der Waals surface area contributed by atoms with E-state index in [9.17, 15) is 0 Å². The Morgan fingerprint density at radius 2 is 1.86 bits per heavy atom. The van der Waals surface area contributed by atoms with E-state index in [2.05, 4.69) is 39.7 Å². The average molecular weight is 370 g/mol. The SMILES string of the molecule is CCOC(c1ccccc1)c1nc(Cl)c(Br)c(C(C)C)n1. The minimum absolute atomic E-state index is 0.247. The minimum atomic E-state index is -0.306. The fraction of sp³-hybridized carbons (Fsp3) is 0.375. The fourth-order valence-corrected chi connectivity index (χ4v) is 2.89. The van der Waals surface area contributed by atoms with Crippen molar-refractivity contribution >= 4 is 27.5 Å². The maximum Gasteiger partial charge on any atom is 0.163 e. The van der Waals surface area contributed by atoms with Crippen LogP contribution < -0.4 is 0 Å². The van der Waals surface area contributed by atoms with Crippen LogP contribution in [0.15, 0.2) is 34.8 Å². The molecule has 0 aliphatic heterocycles. The molecule has 21 heavy (non-hydrogen) atoms. The van der Waals surface area contributed by atoms with Crippen molar-refractivity contribution in [2.24, 2.45) is 0 Å². The van der Waals surface area contributed by atoms with Crippen LogP contribution in [-0.4, -0.2) is 16.6 Å². The summed E-state index contributed by atoms with van der Waals surface area (Å²) < 4.78 is 6.60. The van der Waals surface area contributed by atoms with Crippen LogP contribution in [-0.2, 0) is 4.74 Å². The molecule has 112 valence electrons. The van der Waals surface area contributed by atoms with E-state index in [1.165, 1.54) is 0 Å². The van der Waals surface area contributed by atoms with Crippen LogP contribution in [0.4, 0.5) is 0 Å². The topological polar surface area (TPSA) is 35.0 Å². The van der Waals surface area contributed by atoms with Gasteiger partial charge in [-0.05, 0) is 34.3 Å². The van der Waals surface area contributed by atoms with Crippen LogP contribution in [0, 0.1) is 0 Å². The number of rotatable bonds is 5. The summed E-state index contributed by atoms with van der Waals surface area (Å²) in [6, 6.07) is 9.95. The third-order valence-electron chi connectivity index (χ3n) is 3.07. The largest absolute Gasteiger partial charge is 0.366 e. The number of nitrogens with zero attached hydrogens (tertiary/aromatic N) is 2. The molecule has 2 rings (SSSR count). The Bertz CT molecular complexity index is 605. The monoisotopic (exact) mass is 368 g/mol. The molecule has 0 amide bonds. The molecule has 0 fully saturated rings.